The lowest BCUT2D eigenvalue weighted by molar-refractivity contribution is -0.127. The van der Waals surface area contributed by atoms with E-state index in [1.54, 1.807) is 13.2 Å². The lowest BCUT2D eigenvalue weighted by Crippen LogP contribution is -2.35. The zero-order chi connectivity index (χ0) is 16.6. The number of amides is 2. The third-order valence-electron chi connectivity index (χ3n) is 3.73. The lowest BCUT2D eigenvalue weighted by atomic mass is 10.1. The number of thioether (sulfide) groups is 1. The topological polar surface area (TPSA) is 65.1 Å². The van der Waals surface area contributed by atoms with E-state index >= 15 is 0 Å². The van der Waals surface area contributed by atoms with Crippen molar-refractivity contribution in [2.75, 3.05) is 20.4 Å². The summed E-state index contributed by atoms with van der Waals surface area (Å²) in [4.78, 5) is 25.9. The van der Waals surface area contributed by atoms with E-state index in [9.17, 15) is 9.59 Å². The van der Waals surface area contributed by atoms with Gasteiger partial charge in [-0.15, -0.1) is 0 Å². The minimum atomic E-state index is -0.421. The summed E-state index contributed by atoms with van der Waals surface area (Å²) in [6.45, 7) is 4.61. The molecule has 1 fully saturated rings. The van der Waals surface area contributed by atoms with E-state index in [0.29, 0.717) is 30.2 Å². The van der Waals surface area contributed by atoms with Crippen LogP contribution in [0.25, 0.3) is 0 Å². The van der Waals surface area contributed by atoms with Crippen molar-refractivity contribution in [1.82, 2.24) is 4.90 Å². The Hall–Kier alpha value is -1.89. The van der Waals surface area contributed by atoms with Gasteiger partial charge in [0.05, 0.1) is 12.4 Å². The zero-order valence-corrected chi connectivity index (χ0v) is 14.1. The largest absolute Gasteiger partial charge is 0.496 e. The molecule has 2 amide bonds. The first-order valence-electron chi connectivity index (χ1n) is 7.48. The number of hydrogen-bond donors (Lipinski definition) is 0. The van der Waals surface area contributed by atoms with E-state index in [1.807, 2.05) is 19.9 Å². The Balaban J connectivity index is 1.80. The molecule has 124 valence electrons. The molecule has 1 saturated heterocycles. The number of fused-ring (bicyclic) bond motifs is 1. The van der Waals surface area contributed by atoms with Crippen molar-refractivity contribution in [3.63, 3.8) is 0 Å². The molecule has 3 rings (SSSR count). The minimum absolute atomic E-state index is 0.131. The fraction of sp³-hybridized carbons (Fsp3) is 0.500. The van der Waals surface area contributed by atoms with Crippen LogP contribution in [0.3, 0.4) is 0 Å². The highest BCUT2D eigenvalue weighted by atomic mass is 32.2. The summed E-state index contributed by atoms with van der Waals surface area (Å²) in [5.74, 6) is 2.03. The first kappa shape index (κ1) is 16.0. The van der Waals surface area contributed by atoms with E-state index in [2.05, 4.69) is 0 Å². The maximum Gasteiger partial charge on any atom is 0.289 e. The summed E-state index contributed by atoms with van der Waals surface area (Å²) in [7, 11) is 1.57. The van der Waals surface area contributed by atoms with Crippen LogP contribution in [0, 0.1) is 5.92 Å². The van der Waals surface area contributed by atoms with Gasteiger partial charge in [-0.2, -0.15) is 0 Å². The summed E-state index contributed by atoms with van der Waals surface area (Å²) in [5, 5.41) is -0.594. The maximum absolute atomic E-state index is 12.5. The molecule has 1 atom stereocenters. The fourth-order valence-corrected chi connectivity index (χ4v) is 3.70. The molecule has 1 aromatic carbocycles. The van der Waals surface area contributed by atoms with Crippen molar-refractivity contribution >= 4 is 22.9 Å². The Bertz CT molecular complexity index is 646. The van der Waals surface area contributed by atoms with E-state index < -0.39 is 5.25 Å². The number of nitrogens with zero attached hydrogens (tertiary/aromatic N) is 1. The molecule has 2 heterocycles. The average Bonchev–Trinajstić information content (AvgIpc) is 3.06. The van der Waals surface area contributed by atoms with E-state index in [1.165, 1.54) is 4.90 Å². The summed E-state index contributed by atoms with van der Waals surface area (Å²) < 4.78 is 16.1. The van der Waals surface area contributed by atoms with Gasteiger partial charge in [-0.05, 0) is 24.0 Å². The van der Waals surface area contributed by atoms with E-state index in [4.69, 9.17) is 14.2 Å². The molecule has 0 N–H and O–H groups in total. The van der Waals surface area contributed by atoms with Crippen LogP contribution < -0.4 is 14.2 Å². The van der Waals surface area contributed by atoms with Crippen molar-refractivity contribution < 1.29 is 23.8 Å². The van der Waals surface area contributed by atoms with Crippen LogP contribution in [0.5, 0.6) is 17.2 Å². The van der Waals surface area contributed by atoms with Crippen molar-refractivity contribution in [2.45, 2.75) is 25.5 Å². The smallest absolute Gasteiger partial charge is 0.289 e. The molecule has 6 nitrogen and oxygen atoms in total. The summed E-state index contributed by atoms with van der Waals surface area (Å²) in [6.07, 6.45) is 0.420. The van der Waals surface area contributed by atoms with Crippen molar-refractivity contribution in [3.05, 3.63) is 17.7 Å². The molecule has 0 saturated carbocycles. The van der Waals surface area contributed by atoms with Crippen LogP contribution in [-0.4, -0.2) is 41.7 Å². The van der Waals surface area contributed by atoms with Gasteiger partial charge in [0.2, 0.25) is 12.7 Å². The normalized spacial score (nSPS) is 19.8. The summed E-state index contributed by atoms with van der Waals surface area (Å²) in [6, 6.07) is 3.58. The average molecular weight is 337 g/mol. The number of carbonyl (C=O) groups is 2. The molecule has 0 bridgehead atoms. The molecular weight excluding hydrogens is 318 g/mol. The van der Waals surface area contributed by atoms with Crippen LogP contribution in [0.1, 0.15) is 19.4 Å². The third-order valence-corrected chi connectivity index (χ3v) is 4.81. The highest BCUT2D eigenvalue weighted by Crippen LogP contribution is 2.40. The van der Waals surface area contributed by atoms with Gasteiger partial charge in [-0.25, -0.2) is 0 Å². The van der Waals surface area contributed by atoms with Crippen LogP contribution in [-0.2, 0) is 11.2 Å². The Kier molecular flexibility index (Phi) is 4.39. The van der Waals surface area contributed by atoms with Crippen LogP contribution in [0.15, 0.2) is 12.1 Å². The molecule has 0 spiro atoms. The maximum atomic E-state index is 12.5. The van der Waals surface area contributed by atoms with Gasteiger partial charge in [-0.1, -0.05) is 25.6 Å². The molecule has 0 radical (unpaired) electrons. The van der Waals surface area contributed by atoms with Crippen LogP contribution >= 0.6 is 11.8 Å². The van der Waals surface area contributed by atoms with Crippen molar-refractivity contribution in [1.29, 1.82) is 0 Å². The van der Waals surface area contributed by atoms with Crippen molar-refractivity contribution in [3.8, 4) is 17.2 Å². The number of rotatable bonds is 5. The predicted molar refractivity (Wildman–Crippen MR) is 86.1 cm³/mol. The highest BCUT2D eigenvalue weighted by molar-refractivity contribution is 8.15. The Morgan fingerprint density at radius 1 is 1.30 bits per heavy atom. The zero-order valence-electron chi connectivity index (χ0n) is 13.3. The quantitative estimate of drug-likeness (QED) is 0.823. The van der Waals surface area contributed by atoms with E-state index in [0.717, 1.165) is 17.3 Å². The Morgan fingerprint density at radius 3 is 2.65 bits per heavy atom. The number of carbonyl (C=O) groups excluding carboxylic acids is 2. The Labute approximate surface area is 139 Å². The van der Waals surface area contributed by atoms with Gasteiger partial charge in [0, 0.05) is 12.6 Å². The second-order valence-corrected chi connectivity index (χ2v) is 7.09. The predicted octanol–water partition coefficient (Wildman–Crippen LogP) is 2.69. The number of benzene rings is 1. The van der Waals surface area contributed by atoms with Crippen LogP contribution in [0.4, 0.5) is 4.79 Å². The van der Waals surface area contributed by atoms with Gasteiger partial charge in [-0.3, -0.25) is 14.5 Å². The van der Waals surface area contributed by atoms with Gasteiger partial charge in [0.1, 0.15) is 5.75 Å². The minimum Gasteiger partial charge on any atom is -0.496 e. The SMILES string of the molecule is COc1cc2c(cc1C[C@@H]1SC(=O)N(CC(C)C)C1=O)OCO2. The number of hydrogen-bond acceptors (Lipinski definition) is 6. The van der Waals surface area contributed by atoms with E-state index in [-0.39, 0.29) is 23.9 Å². The molecule has 2 aliphatic heterocycles. The highest BCUT2D eigenvalue weighted by Gasteiger charge is 2.40. The molecule has 1 aromatic rings. The number of ether oxygens (including phenoxy) is 3. The molecule has 0 aromatic heterocycles. The second kappa shape index (κ2) is 6.31. The molecular formula is C16H19NO5S. The lowest BCUT2D eigenvalue weighted by Gasteiger charge is -2.16. The second-order valence-electron chi connectivity index (χ2n) is 5.94. The first-order chi connectivity index (χ1) is 11.0. The molecule has 0 unspecified atom stereocenters. The molecule has 2 aliphatic rings. The fourth-order valence-electron chi connectivity index (χ4n) is 2.67. The standard InChI is InChI=1S/C16H19NO5S/c1-9(2)7-17-15(18)14(23-16(17)19)5-10-4-12-13(22-8-21-12)6-11(10)20-3/h4,6,9,14H,5,7-8H2,1-3H3/t14-/m0/s1. The van der Waals surface area contributed by atoms with Gasteiger partial charge in [0.25, 0.3) is 5.24 Å². The first-order valence-corrected chi connectivity index (χ1v) is 8.36. The third kappa shape index (κ3) is 3.10. The van der Waals surface area contributed by atoms with Gasteiger partial charge in [0.15, 0.2) is 11.5 Å². The monoisotopic (exact) mass is 337 g/mol. The number of methoxy groups -OCH3 is 1. The number of imide groups is 1. The van der Waals surface area contributed by atoms with Gasteiger partial charge >= 0.3 is 0 Å². The Morgan fingerprint density at radius 2 is 2.00 bits per heavy atom. The van der Waals surface area contributed by atoms with Crippen molar-refractivity contribution in [2.24, 2.45) is 5.92 Å². The molecule has 0 aliphatic carbocycles. The summed E-state index contributed by atoms with van der Waals surface area (Å²) >= 11 is 1.08. The molecule has 23 heavy (non-hydrogen) atoms. The summed E-state index contributed by atoms with van der Waals surface area (Å²) in [5.41, 5.74) is 0.835. The molecule has 7 heteroatoms. The van der Waals surface area contributed by atoms with Gasteiger partial charge < -0.3 is 14.2 Å². The van der Waals surface area contributed by atoms with Crippen LogP contribution in [0.2, 0.25) is 0 Å².